The van der Waals surface area contributed by atoms with Gasteiger partial charge in [0.25, 0.3) is 5.95 Å². The van der Waals surface area contributed by atoms with Crippen molar-refractivity contribution in [1.82, 2.24) is 15.5 Å². The molecule has 1 aliphatic rings. The van der Waals surface area contributed by atoms with Crippen LogP contribution in [0.3, 0.4) is 0 Å². The molecule has 0 amide bonds. The molecular weight excluding hydrogens is 216 g/mol. The molecule has 1 aromatic rings. The second-order valence-electron chi connectivity index (χ2n) is 3.95. The smallest absolute Gasteiger partial charge is 0.265 e. The van der Waals surface area contributed by atoms with Crippen LogP contribution in [0.5, 0.6) is 0 Å². The van der Waals surface area contributed by atoms with Crippen molar-refractivity contribution in [2.45, 2.75) is 12.8 Å². The first-order valence-electron chi connectivity index (χ1n) is 4.96. The maximum atomic E-state index is 5.16. The summed E-state index contributed by atoms with van der Waals surface area (Å²) in [6, 6.07) is 0. The third-order valence-corrected chi connectivity index (χ3v) is 2.48. The zero-order valence-electron chi connectivity index (χ0n) is 9.06. The Morgan fingerprint density at radius 3 is 2.87 bits per heavy atom. The molecule has 0 unspecified atom stereocenters. The van der Waals surface area contributed by atoms with E-state index in [2.05, 4.69) is 15.5 Å². The molecule has 2 heterocycles. The van der Waals surface area contributed by atoms with E-state index in [0.717, 1.165) is 25.4 Å². The number of anilines is 1. The van der Waals surface area contributed by atoms with Crippen LogP contribution in [0.4, 0.5) is 5.95 Å². The summed E-state index contributed by atoms with van der Waals surface area (Å²) in [5.74, 6) is 2.07. The van der Waals surface area contributed by atoms with Crippen molar-refractivity contribution >= 4 is 18.4 Å². The molecule has 1 aromatic heterocycles. The van der Waals surface area contributed by atoms with Crippen LogP contribution in [0.2, 0.25) is 0 Å². The second-order valence-corrected chi connectivity index (χ2v) is 3.95. The lowest BCUT2D eigenvalue weighted by Crippen LogP contribution is -2.12. The Hall–Kier alpha value is -0.810. The molecule has 0 aromatic carbocycles. The Balaban J connectivity index is 0.00000112. The molecule has 1 N–H and O–H groups in total. The third kappa shape index (κ3) is 3.07. The van der Waals surface area contributed by atoms with Crippen LogP contribution in [0.1, 0.15) is 12.3 Å². The summed E-state index contributed by atoms with van der Waals surface area (Å²) in [7, 11) is 3.82. The Morgan fingerprint density at radius 2 is 2.33 bits per heavy atom. The molecule has 0 saturated carbocycles. The van der Waals surface area contributed by atoms with Gasteiger partial charge >= 0.3 is 0 Å². The first kappa shape index (κ1) is 12.3. The fraction of sp³-hybridized carbons (Fsp3) is 0.778. The monoisotopic (exact) mass is 232 g/mol. The summed E-state index contributed by atoms with van der Waals surface area (Å²) in [5.41, 5.74) is 0. The zero-order valence-corrected chi connectivity index (χ0v) is 9.88. The Bertz CT molecular complexity index is 296. The minimum Gasteiger partial charge on any atom is -0.344 e. The molecule has 0 spiro atoms. The van der Waals surface area contributed by atoms with Crippen molar-refractivity contribution in [3.05, 3.63) is 5.89 Å². The SMILES string of the molecule is CN(C)c1noc(C[C@@H]2CCNC2)n1.Cl. The summed E-state index contributed by atoms with van der Waals surface area (Å²) in [6.45, 7) is 2.18. The van der Waals surface area contributed by atoms with Crippen LogP contribution in [-0.2, 0) is 6.42 Å². The van der Waals surface area contributed by atoms with Crippen LogP contribution in [-0.4, -0.2) is 37.3 Å². The van der Waals surface area contributed by atoms with Gasteiger partial charge < -0.3 is 14.7 Å². The summed E-state index contributed by atoms with van der Waals surface area (Å²) < 4.78 is 5.16. The topological polar surface area (TPSA) is 54.2 Å². The third-order valence-electron chi connectivity index (χ3n) is 2.48. The highest BCUT2D eigenvalue weighted by Crippen LogP contribution is 2.15. The zero-order chi connectivity index (χ0) is 9.97. The quantitative estimate of drug-likeness (QED) is 0.832. The second kappa shape index (κ2) is 5.32. The van der Waals surface area contributed by atoms with E-state index in [-0.39, 0.29) is 12.4 Å². The highest BCUT2D eigenvalue weighted by Gasteiger charge is 2.18. The highest BCUT2D eigenvalue weighted by molar-refractivity contribution is 5.85. The van der Waals surface area contributed by atoms with E-state index in [4.69, 9.17) is 4.52 Å². The van der Waals surface area contributed by atoms with Crippen LogP contribution in [0.15, 0.2) is 4.52 Å². The van der Waals surface area contributed by atoms with Crippen molar-refractivity contribution < 1.29 is 4.52 Å². The average molecular weight is 233 g/mol. The molecule has 0 aliphatic carbocycles. The van der Waals surface area contributed by atoms with Crippen LogP contribution < -0.4 is 10.2 Å². The number of halogens is 1. The number of hydrogen-bond acceptors (Lipinski definition) is 5. The fourth-order valence-corrected chi connectivity index (χ4v) is 1.65. The number of aromatic nitrogens is 2. The maximum Gasteiger partial charge on any atom is 0.265 e. The Labute approximate surface area is 95.6 Å². The fourth-order valence-electron chi connectivity index (χ4n) is 1.65. The number of nitrogens with zero attached hydrogens (tertiary/aromatic N) is 3. The van der Waals surface area contributed by atoms with Crippen LogP contribution >= 0.6 is 12.4 Å². The van der Waals surface area contributed by atoms with E-state index in [9.17, 15) is 0 Å². The molecule has 15 heavy (non-hydrogen) atoms. The van der Waals surface area contributed by atoms with Gasteiger partial charge in [-0.15, -0.1) is 12.4 Å². The molecule has 1 aliphatic heterocycles. The summed E-state index contributed by atoms with van der Waals surface area (Å²) in [6.07, 6.45) is 2.10. The van der Waals surface area contributed by atoms with Gasteiger partial charge in [-0.1, -0.05) is 0 Å². The summed E-state index contributed by atoms with van der Waals surface area (Å²) in [5, 5.41) is 7.20. The molecule has 1 fully saturated rings. The minimum atomic E-state index is 0. The van der Waals surface area contributed by atoms with E-state index in [1.165, 1.54) is 6.42 Å². The van der Waals surface area contributed by atoms with Crippen molar-refractivity contribution in [3.63, 3.8) is 0 Å². The van der Waals surface area contributed by atoms with Crippen LogP contribution in [0, 0.1) is 5.92 Å². The van der Waals surface area contributed by atoms with E-state index < -0.39 is 0 Å². The Kier molecular flexibility index (Phi) is 4.35. The standard InChI is InChI=1S/C9H16N4O.ClH/c1-13(2)9-11-8(14-12-9)5-7-3-4-10-6-7;/h7,10H,3-6H2,1-2H3;1H/t7-;/m0./s1. The molecule has 86 valence electrons. The van der Waals surface area contributed by atoms with Crippen molar-refractivity contribution in [2.75, 3.05) is 32.1 Å². The van der Waals surface area contributed by atoms with E-state index in [1.807, 2.05) is 19.0 Å². The van der Waals surface area contributed by atoms with Crippen molar-refractivity contribution in [1.29, 1.82) is 0 Å². The van der Waals surface area contributed by atoms with Crippen LogP contribution in [0.25, 0.3) is 0 Å². The minimum absolute atomic E-state index is 0. The first-order chi connectivity index (χ1) is 6.75. The molecule has 2 rings (SSSR count). The molecule has 0 bridgehead atoms. The van der Waals surface area contributed by atoms with E-state index >= 15 is 0 Å². The van der Waals surface area contributed by atoms with Gasteiger partial charge in [-0.3, -0.25) is 0 Å². The summed E-state index contributed by atoms with van der Waals surface area (Å²) in [4.78, 5) is 6.14. The predicted octanol–water partition coefficient (Wildman–Crippen LogP) is 0.709. The van der Waals surface area contributed by atoms with Crippen molar-refractivity contribution in [2.24, 2.45) is 5.92 Å². The largest absolute Gasteiger partial charge is 0.344 e. The molecule has 1 atom stereocenters. The van der Waals surface area contributed by atoms with Gasteiger partial charge in [0.2, 0.25) is 5.89 Å². The normalized spacial score (nSPS) is 20.0. The molecule has 6 heteroatoms. The lowest BCUT2D eigenvalue weighted by molar-refractivity contribution is 0.357. The van der Waals surface area contributed by atoms with Gasteiger partial charge in [0.05, 0.1) is 0 Å². The molecular formula is C9H17ClN4O. The predicted molar refractivity (Wildman–Crippen MR) is 60.6 cm³/mol. The summed E-state index contributed by atoms with van der Waals surface area (Å²) >= 11 is 0. The van der Waals surface area contributed by atoms with Crippen molar-refractivity contribution in [3.8, 4) is 0 Å². The maximum absolute atomic E-state index is 5.16. The highest BCUT2D eigenvalue weighted by atomic mass is 35.5. The molecule has 1 saturated heterocycles. The van der Waals surface area contributed by atoms with Gasteiger partial charge in [-0.25, -0.2) is 0 Å². The van der Waals surface area contributed by atoms with Gasteiger partial charge in [-0.2, -0.15) is 4.98 Å². The van der Waals surface area contributed by atoms with Gasteiger partial charge in [-0.05, 0) is 30.6 Å². The van der Waals surface area contributed by atoms with Gasteiger partial charge in [0, 0.05) is 20.5 Å². The number of hydrogen-bond donors (Lipinski definition) is 1. The number of nitrogens with one attached hydrogen (secondary N) is 1. The number of rotatable bonds is 3. The molecule has 0 radical (unpaired) electrons. The van der Waals surface area contributed by atoms with E-state index in [0.29, 0.717) is 11.9 Å². The molecule has 5 nitrogen and oxygen atoms in total. The van der Waals surface area contributed by atoms with E-state index in [1.54, 1.807) is 0 Å². The van der Waals surface area contributed by atoms with Gasteiger partial charge in [0.1, 0.15) is 0 Å². The lowest BCUT2D eigenvalue weighted by atomic mass is 10.1. The Morgan fingerprint density at radius 1 is 1.53 bits per heavy atom. The first-order valence-corrected chi connectivity index (χ1v) is 4.96. The van der Waals surface area contributed by atoms with Gasteiger partial charge in [0.15, 0.2) is 0 Å². The lowest BCUT2D eigenvalue weighted by Gasteiger charge is -2.03. The average Bonchev–Trinajstić information content (AvgIpc) is 2.75.